The third-order valence-corrected chi connectivity index (χ3v) is 5.96. The van der Waals surface area contributed by atoms with Crippen LogP contribution in [0.15, 0.2) is 54.6 Å². The van der Waals surface area contributed by atoms with Gasteiger partial charge >= 0.3 is 0 Å². The van der Waals surface area contributed by atoms with Crippen molar-refractivity contribution in [2.75, 3.05) is 6.61 Å². The molecule has 166 valence electrons. The molecule has 0 heterocycles. The number of rotatable bonds is 9. The van der Waals surface area contributed by atoms with Gasteiger partial charge < -0.3 is 15.0 Å². The molecular weight excluding hydrogens is 412 g/mol. The first-order valence-corrected chi connectivity index (χ1v) is 11.5. The van der Waals surface area contributed by atoms with Crippen LogP contribution in [0.25, 0.3) is 0 Å². The van der Waals surface area contributed by atoms with Gasteiger partial charge in [-0.3, -0.25) is 9.59 Å². The summed E-state index contributed by atoms with van der Waals surface area (Å²) in [5.41, 5.74) is 0.978. The van der Waals surface area contributed by atoms with Gasteiger partial charge in [0.1, 0.15) is 11.8 Å². The third-order valence-electron chi connectivity index (χ3n) is 5.71. The van der Waals surface area contributed by atoms with E-state index < -0.39 is 6.04 Å². The monoisotopic (exact) mass is 442 g/mol. The number of carbonyl (C=O) groups is 2. The number of nitrogens with one attached hydrogen (secondary N) is 1. The molecule has 1 fully saturated rings. The highest BCUT2D eigenvalue weighted by Gasteiger charge is 2.30. The molecular formula is C25H31ClN2O3. The molecule has 0 radical (unpaired) electrons. The first-order valence-electron chi connectivity index (χ1n) is 11.1. The zero-order valence-corrected chi connectivity index (χ0v) is 18.8. The predicted molar refractivity (Wildman–Crippen MR) is 123 cm³/mol. The average Bonchev–Trinajstić information content (AvgIpc) is 2.79. The predicted octanol–water partition coefficient (Wildman–Crippen LogP) is 4.98. The number of halogens is 1. The third kappa shape index (κ3) is 7.00. The normalized spacial score (nSPS) is 15.2. The van der Waals surface area contributed by atoms with Crippen LogP contribution in [0.5, 0.6) is 5.75 Å². The number of ether oxygens (including phenoxy) is 1. The van der Waals surface area contributed by atoms with E-state index in [4.69, 9.17) is 16.3 Å². The minimum absolute atomic E-state index is 0.0785. The summed E-state index contributed by atoms with van der Waals surface area (Å²) in [6, 6.07) is 16.3. The Balaban J connectivity index is 1.72. The Morgan fingerprint density at radius 1 is 1.06 bits per heavy atom. The number of benzene rings is 2. The lowest BCUT2D eigenvalue weighted by Gasteiger charge is -2.32. The molecule has 2 aromatic rings. The van der Waals surface area contributed by atoms with Gasteiger partial charge in [0, 0.05) is 17.6 Å². The van der Waals surface area contributed by atoms with Gasteiger partial charge in [0.15, 0.2) is 6.61 Å². The number of hydrogen-bond donors (Lipinski definition) is 1. The fourth-order valence-corrected chi connectivity index (χ4v) is 4.13. The summed E-state index contributed by atoms with van der Waals surface area (Å²) < 4.78 is 5.68. The fourth-order valence-electron chi connectivity index (χ4n) is 4.00. The molecule has 1 atom stereocenters. The van der Waals surface area contributed by atoms with E-state index in [1.165, 1.54) is 6.42 Å². The smallest absolute Gasteiger partial charge is 0.261 e. The molecule has 2 amide bonds. The van der Waals surface area contributed by atoms with Crippen molar-refractivity contribution in [3.05, 3.63) is 65.2 Å². The van der Waals surface area contributed by atoms with E-state index in [2.05, 4.69) is 5.32 Å². The minimum atomic E-state index is -0.538. The van der Waals surface area contributed by atoms with Gasteiger partial charge in [-0.2, -0.15) is 0 Å². The van der Waals surface area contributed by atoms with E-state index in [0.29, 0.717) is 23.7 Å². The molecule has 31 heavy (non-hydrogen) atoms. The van der Waals surface area contributed by atoms with Crippen LogP contribution in [-0.4, -0.2) is 35.4 Å². The van der Waals surface area contributed by atoms with E-state index in [-0.39, 0.29) is 24.5 Å². The number of hydrogen-bond acceptors (Lipinski definition) is 3. The zero-order valence-electron chi connectivity index (χ0n) is 18.1. The lowest BCUT2D eigenvalue weighted by atomic mass is 9.95. The summed E-state index contributed by atoms with van der Waals surface area (Å²) in [6.07, 6.45) is 6.07. The zero-order chi connectivity index (χ0) is 22.1. The van der Waals surface area contributed by atoms with Gasteiger partial charge in [-0.1, -0.05) is 68.1 Å². The minimum Gasteiger partial charge on any atom is -0.484 e. The summed E-state index contributed by atoms with van der Waals surface area (Å²) >= 11 is 5.92. The summed E-state index contributed by atoms with van der Waals surface area (Å²) in [6.45, 7) is 2.17. The van der Waals surface area contributed by atoms with Gasteiger partial charge in [0.05, 0.1) is 0 Å². The van der Waals surface area contributed by atoms with Crippen LogP contribution in [0.1, 0.15) is 51.0 Å². The Morgan fingerprint density at radius 2 is 1.74 bits per heavy atom. The molecule has 0 aromatic heterocycles. The maximum Gasteiger partial charge on any atom is 0.261 e. The maximum absolute atomic E-state index is 13.2. The first-order chi connectivity index (χ1) is 15.1. The van der Waals surface area contributed by atoms with Crippen molar-refractivity contribution in [2.45, 2.75) is 64.1 Å². The van der Waals surface area contributed by atoms with E-state index in [1.807, 2.05) is 37.3 Å². The van der Waals surface area contributed by atoms with Crippen molar-refractivity contribution < 1.29 is 14.3 Å². The summed E-state index contributed by atoms with van der Waals surface area (Å²) in [7, 11) is 0. The second-order valence-corrected chi connectivity index (χ2v) is 8.45. The Kier molecular flexibility index (Phi) is 8.77. The molecule has 1 N–H and O–H groups in total. The molecule has 2 aromatic carbocycles. The Bertz CT molecular complexity index is 836. The molecule has 0 bridgehead atoms. The summed E-state index contributed by atoms with van der Waals surface area (Å²) in [5, 5.41) is 3.79. The van der Waals surface area contributed by atoms with Crippen molar-refractivity contribution >= 4 is 23.4 Å². The molecule has 3 rings (SSSR count). The van der Waals surface area contributed by atoms with E-state index in [9.17, 15) is 9.59 Å². The van der Waals surface area contributed by atoms with Crippen LogP contribution < -0.4 is 10.1 Å². The number of carbonyl (C=O) groups excluding carboxylic acids is 2. The molecule has 0 spiro atoms. The molecule has 1 aliphatic rings. The van der Waals surface area contributed by atoms with E-state index >= 15 is 0 Å². The quantitative estimate of drug-likeness (QED) is 0.596. The van der Waals surface area contributed by atoms with Gasteiger partial charge in [-0.25, -0.2) is 0 Å². The van der Waals surface area contributed by atoms with Crippen molar-refractivity contribution in [3.8, 4) is 5.75 Å². The second kappa shape index (κ2) is 11.8. The Morgan fingerprint density at radius 3 is 2.39 bits per heavy atom. The van der Waals surface area contributed by atoms with Crippen LogP contribution in [0.3, 0.4) is 0 Å². The summed E-state index contributed by atoms with van der Waals surface area (Å²) in [4.78, 5) is 28.0. The Labute approximate surface area is 189 Å². The summed E-state index contributed by atoms with van der Waals surface area (Å²) in [5.74, 6) is 0.270. The Hall–Kier alpha value is -2.53. The molecule has 0 unspecified atom stereocenters. The van der Waals surface area contributed by atoms with Crippen molar-refractivity contribution in [3.63, 3.8) is 0 Å². The van der Waals surface area contributed by atoms with Crippen LogP contribution in [0, 0.1) is 0 Å². The van der Waals surface area contributed by atoms with Crippen LogP contribution >= 0.6 is 11.6 Å². The lowest BCUT2D eigenvalue weighted by molar-refractivity contribution is -0.143. The van der Waals surface area contributed by atoms with Crippen LogP contribution in [0.2, 0.25) is 5.02 Å². The molecule has 1 saturated carbocycles. The lowest BCUT2D eigenvalue weighted by Crippen LogP contribution is -2.52. The largest absolute Gasteiger partial charge is 0.484 e. The number of nitrogens with zero attached hydrogens (tertiary/aromatic N) is 1. The first kappa shape index (κ1) is 23.1. The van der Waals surface area contributed by atoms with Gasteiger partial charge in [0.25, 0.3) is 5.91 Å². The van der Waals surface area contributed by atoms with Crippen LogP contribution in [0.4, 0.5) is 0 Å². The molecule has 5 nitrogen and oxygen atoms in total. The molecule has 1 aliphatic carbocycles. The standard InChI is InChI=1S/C25H31ClN2O3/c1-2-23(25(30)27-21-11-7-4-8-12-21)28(17-19-9-5-3-6-10-19)24(29)18-31-22-15-13-20(26)14-16-22/h3,5-6,9-10,13-16,21,23H,2,4,7-8,11-12,17-18H2,1H3,(H,27,30)/t23-/m0/s1. The molecule has 6 heteroatoms. The van der Waals surface area contributed by atoms with E-state index in [1.54, 1.807) is 29.2 Å². The molecule has 0 aliphatic heterocycles. The van der Waals surface area contributed by atoms with Crippen molar-refractivity contribution in [1.82, 2.24) is 10.2 Å². The van der Waals surface area contributed by atoms with Crippen LogP contribution in [-0.2, 0) is 16.1 Å². The van der Waals surface area contributed by atoms with Gasteiger partial charge in [0.2, 0.25) is 5.91 Å². The molecule has 0 saturated heterocycles. The van der Waals surface area contributed by atoms with E-state index in [0.717, 1.165) is 31.2 Å². The SMILES string of the molecule is CC[C@@H](C(=O)NC1CCCCC1)N(Cc1ccccc1)C(=O)COc1ccc(Cl)cc1. The van der Waals surface area contributed by atoms with Gasteiger partial charge in [-0.05, 0) is 49.1 Å². The topological polar surface area (TPSA) is 58.6 Å². The van der Waals surface area contributed by atoms with Crippen molar-refractivity contribution in [2.24, 2.45) is 0 Å². The highest BCUT2D eigenvalue weighted by atomic mass is 35.5. The highest BCUT2D eigenvalue weighted by Crippen LogP contribution is 2.20. The second-order valence-electron chi connectivity index (χ2n) is 8.02. The average molecular weight is 443 g/mol. The highest BCUT2D eigenvalue weighted by molar-refractivity contribution is 6.30. The fraction of sp³-hybridized carbons (Fsp3) is 0.440. The maximum atomic E-state index is 13.2. The van der Waals surface area contributed by atoms with Gasteiger partial charge in [-0.15, -0.1) is 0 Å². The van der Waals surface area contributed by atoms with Crippen molar-refractivity contribution in [1.29, 1.82) is 0 Å². The number of amides is 2.